The Balaban J connectivity index is 1.91. The summed E-state index contributed by atoms with van der Waals surface area (Å²) in [5.41, 5.74) is -0.225. The molecule has 0 unspecified atom stereocenters. The Kier molecular flexibility index (Phi) is 6.82. The first-order chi connectivity index (χ1) is 12.8. The van der Waals surface area contributed by atoms with Crippen LogP contribution in [0.25, 0.3) is 0 Å². The maximum Gasteiger partial charge on any atom is 0.514 e. The Morgan fingerprint density at radius 1 is 0.815 bits per heavy atom. The van der Waals surface area contributed by atoms with Crippen LogP contribution in [0.15, 0.2) is 48.5 Å². The molecule has 0 aromatic heterocycles. The van der Waals surface area contributed by atoms with E-state index in [2.05, 4.69) is 0 Å². The van der Waals surface area contributed by atoms with Crippen molar-refractivity contribution < 1.29 is 28.5 Å². The van der Waals surface area contributed by atoms with Crippen LogP contribution < -0.4 is 14.2 Å². The number of carbonyl (C=O) groups is 2. The zero-order chi connectivity index (χ0) is 19.9. The predicted molar refractivity (Wildman–Crippen MR) is 100 cm³/mol. The first-order valence-electron chi connectivity index (χ1n) is 8.73. The van der Waals surface area contributed by atoms with Crippen molar-refractivity contribution in [1.82, 2.24) is 0 Å². The van der Waals surface area contributed by atoms with Gasteiger partial charge in [0, 0.05) is 0 Å². The van der Waals surface area contributed by atoms with Crippen molar-refractivity contribution in [3.8, 4) is 17.2 Å². The molecule has 6 nitrogen and oxygen atoms in total. The summed E-state index contributed by atoms with van der Waals surface area (Å²) in [5, 5.41) is 0. The molecule has 0 amide bonds. The molecule has 0 N–H and O–H groups in total. The number of ether oxygens (including phenoxy) is 4. The van der Waals surface area contributed by atoms with Gasteiger partial charge in [-0.25, -0.2) is 9.59 Å². The van der Waals surface area contributed by atoms with Crippen LogP contribution >= 0.6 is 0 Å². The van der Waals surface area contributed by atoms with Crippen molar-refractivity contribution >= 4 is 12.1 Å². The SMILES string of the molecule is CCCOc1ccc(C(=O)Oc2ccc(OC(=O)OC(C)(C)C)cc2)cc1. The lowest BCUT2D eigenvalue weighted by Gasteiger charge is -2.18. The maximum absolute atomic E-state index is 12.2. The van der Waals surface area contributed by atoms with E-state index in [1.165, 1.54) is 24.3 Å². The third-order valence-corrected chi connectivity index (χ3v) is 3.19. The molecule has 2 aromatic carbocycles. The monoisotopic (exact) mass is 372 g/mol. The molecule has 0 aliphatic carbocycles. The lowest BCUT2D eigenvalue weighted by Crippen LogP contribution is -2.25. The van der Waals surface area contributed by atoms with E-state index in [-0.39, 0.29) is 0 Å². The summed E-state index contributed by atoms with van der Waals surface area (Å²) in [5.74, 6) is 0.846. The van der Waals surface area contributed by atoms with Crippen molar-refractivity contribution in [3.05, 3.63) is 54.1 Å². The fraction of sp³-hybridized carbons (Fsp3) is 0.333. The number of hydrogen-bond donors (Lipinski definition) is 0. The Morgan fingerprint density at radius 3 is 1.85 bits per heavy atom. The average molecular weight is 372 g/mol. The number of hydrogen-bond acceptors (Lipinski definition) is 6. The highest BCUT2D eigenvalue weighted by molar-refractivity contribution is 5.91. The molecule has 0 atom stereocenters. The molecule has 144 valence electrons. The molecule has 0 saturated heterocycles. The molecule has 2 rings (SSSR count). The lowest BCUT2D eigenvalue weighted by molar-refractivity contribution is 0.0205. The summed E-state index contributed by atoms with van der Waals surface area (Å²) in [6.07, 6.45) is 0.120. The Labute approximate surface area is 159 Å². The quantitative estimate of drug-likeness (QED) is 0.403. The van der Waals surface area contributed by atoms with E-state index in [1.54, 1.807) is 45.0 Å². The second-order valence-electron chi connectivity index (χ2n) is 6.80. The van der Waals surface area contributed by atoms with E-state index in [1.807, 2.05) is 6.92 Å². The Hall–Kier alpha value is -3.02. The second-order valence-corrected chi connectivity index (χ2v) is 6.80. The largest absolute Gasteiger partial charge is 0.514 e. The van der Waals surface area contributed by atoms with E-state index in [9.17, 15) is 9.59 Å². The van der Waals surface area contributed by atoms with Crippen molar-refractivity contribution in [2.45, 2.75) is 39.7 Å². The van der Waals surface area contributed by atoms with Crippen molar-refractivity contribution in [2.24, 2.45) is 0 Å². The Morgan fingerprint density at radius 2 is 1.33 bits per heavy atom. The van der Waals surface area contributed by atoms with E-state index in [0.717, 1.165) is 6.42 Å². The van der Waals surface area contributed by atoms with Crippen LogP contribution in [0.5, 0.6) is 17.2 Å². The molecule has 0 spiro atoms. The van der Waals surface area contributed by atoms with Crippen LogP contribution in [0, 0.1) is 0 Å². The molecule has 0 bridgehead atoms. The van der Waals surface area contributed by atoms with Crippen molar-refractivity contribution in [2.75, 3.05) is 6.61 Å². The molecule has 0 saturated carbocycles. The third-order valence-electron chi connectivity index (χ3n) is 3.19. The summed E-state index contributed by atoms with van der Waals surface area (Å²) < 4.78 is 20.9. The van der Waals surface area contributed by atoms with Gasteiger partial charge in [-0.1, -0.05) is 6.92 Å². The van der Waals surface area contributed by atoms with Gasteiger partial charge in [0.25, 0.3) is 0 Å². The van der Waals surface area contributed by atoms with Gasteiger partial charge in [-0.2, -0.15) is 0 Å². The first-order valence-corrected chi connectivity index (χ1v) is 8.73. The van der Waals surface area contributed by atoms with Crippen molar-refractivity contribution in [1.29, 1.82) is 0 Å². The molecule has 6 heteroatoms. The minimum atomic E-state index is -0.794. The van der Waals surface area contributed by atoms with E-state index < -0.39 is 17.7 Å². The molecule has 27 heavy (non-hydrogen) atoms. The minimum absolute atomic E-state index is 0.293. The van der Waals surface area contributed by atoms with Gasteiger partial charge in [0.2, 0.25) is 0 Å². The summed E-state index contributed by atoms with van der Waals surface area (Å²) in [6, 6.07) is 12.9. The van der Waals surface area contributed by atoms with E-state index in [0.29, 0.717) is 29.4 Å². The number of rotatable bonds is 6. The van der Waals surface area contributed by atoms with Gasteiger partial charge in [0.1, 0.15) is 22.8 Å². The molecule has 0 radical (unpaired) electrons. The summed E-state index contributed by atoms with van der Waals surface area (Å²) in [4.78, 5) is 23.8. The highest BCUT2D eigenvalue weighted by Crippen LogP contribution is 2.21. The molecule has 0 aliphatic rings. The van der Waals surface area contributed by atoms with Crippen LogP contribution in [-0.4, -0.2) is 24.3 Å². The van der Waals surface area contributed by atoms with Crippen LogP contribution in [0.4, 0.5) is 4.79 Å². The smallest absolute Gasteiger partial charge is 0.494 e. The molecular formula is C21H24O6. The lowest BCUT2D eigenvalue weighted by atomic mass is 10.2. The fourth-order valence-corrected chi connectivity index (χ4v) is 2.02. The van der Waals surface area contributed by atoms with Gasteiger partial charge in [0.05, 0.1) is 12.2 Å². The Bertz CT molecular complexity index is 757. The van der Waals surface area contributed by atoms with E-state index >= 15 is 0 Å². The highest BCUT2D eigenvalue weighted by atomic mass is 16.7. The molecular weight excluding hydrogens is 348 g/mol. The normalized spacial score (nSPS) is 10.8. The van der Waals surface area contributed by atoms with Gasteiger partial charge in [-0.3, -0.25) is 0 Å². The molecule has 0 aliphatic heterocycles. The van der Waals surface area contributed by atoms with Gasteiger partial charge in [-0.15, -0.1) is 0 Å². The number of esters is 1. The zero-order valence-corrected chi connectivity index (χ0v) is 16.0. The minimum Gasteiger partial charge on any atom is -0.494 e. The molecule has 0 heterocycles. The standard InChI is InChI=1S/C21H24O6/c1-5-14-24-16-8-6-15(7-9-16)19(22)25-17-10-12-18(13-11-17)26-20(23)27-21(2,3)4/h6-13H,5,14H2,1-4H3. The maximum atomic E-state index is 12.2. The summed E-state index contributed by atoms with van der Waals surface area (Å²) in [6.45, 7) is 7.90. The van der Waals surface area contributed by atoms with E-state index in [4.69, 9.17) is 18.9 Å². The first kappa shape index (κ1) is 20.3. The number of benzene rings is 2. The topological polar surface area (TPSA) is 71.1 Å². The summed E-state index contributed by atoms with van der Waals surface area (Å²) >= 11 is 0. The third kappa shape index (κ3) is 7.01. The van der Waals surface area contributed by atoms with Crippen molar-refractivity contribution in [3.63, 3.8) is 0 Å². The second kappa shape index (κ2) is 9.07. The van der Waals surface area contributed by atoms with Crippen LogP contribution in [0.1, 0.15) is 44.5 Å². The van der Waals surface area contributed by atoms with Gasteiger partial charge >= 0.3 is 12.1 Å². The molecule has 0 fully saturated rings. The highest BCUT2D eigenvalue weighted by Gasteiger charge is 2.18. The van der Waals surface area contributed by atoms with Crippen LogP contribution in [0.2, 0.25) is 0 Å². The predicted octanol–water partition coefficient (Wildman–Crippen LogP) is 5.01. The van der Waals surface area contributed by atoms with Gasteiger partial charge < -0.3 is 18.9 Å². The average Bonchev–Trinajstić information content (AvgIpc) is 2.60. The van der Waals surface area contributed by atoms with Gasteiger partial charge in [-0.05, 0) is 75.7 Å². The van der Waals surface area contributed by atoms with Gasteiger partial charge in [0.15, 0.2) is 0 Å². The summed E-state index contributed by atoms with van der Waals surface area (Å²) in [7, 11) is 0. The van der Waals surface area contributed by atoms with Crippen LogP contribution in [-0.2, 0) is 4.74 Å². The van der Waals surface area contributed by atoms with Crippen LogP contribution in [0.3, 0.4) is 0 Å². The zero-order valence-electron chi connectivity index (χ0n) is 16.0. The number of carbonyl (C=O) groups excluding carboxylic acids is 2. The molecule has 2 aromatic rings. The fourth-order valence-electron chi connectivity index (χ4n) is 2.02.